The van der Waals surface area contributed by atoms with Crippen LogP contribution in [0.3, 0.4) is 0 Å². The maximum Gasteiger partial charge on any atom is 0.185 e. The lowest BCUT2D eigenvalue weighted by Gasteiger charge is -2.14. The molecule has 8 nitrogen and oxygen atoms in total. The van der Waals surface area contributed by atoms with E-state index in [-0.39, 0.29) is 46.3 Å². The molecule has 56 heavy (non-hydrogen) atoms. The number of ketones is 8. The highest BCUT2D eigenvalue weighted by Gasteiger charge is 2.41. The van der Waals surface area contributed by atoms with Crippen LogP contribution in [0.2, 0.25) is 0 Å². The van der Waals surface area contributed by atoms with Crippen LogP contribution in [0, 0.1) is 0 Å². The molecule has 0 aromatic rings. The Balaban J connectivity index is 0.0000000975. The molecule has 0 unspecified atom stereocenters. The topological polar surface area (TPSA) is 137 Å². The van der Waals surface area contributed by atoms with E-state index in [4.69, 9.17) is 0 Å². The zero-order chi connectivity index (χ0) is 38.8. The quantitative estimate of drug-likeness (QED) is 0.225. The van der Waals surface area contributed by atoms with Gasteiger partial charge in [-0.05, 0) is 154 Å². The average molecular weight is 753 g/mol. The van der Waals surface area contributed by atoms with Crippen molar-refractivity contribution < 1.29 is 38.4 Å². The predicted octanol–water partition coefficient (Wildman–Crippen LogP) is 8.40. The lowest BCUT2D eigenvalue weighted by molar-refractivity contribution is -0.116. The molecule has 0 radical (unpaired) electrons. The van der Waals surface area contributed by atoms with Crippen molar-refractivity contribution in [1.29, 1.82) is 0 Å². The molecule has 0 heterocycles. The van der Waals surface area contributed by atoms with E-state index in [1.54, 1.807) is 0 Å². The Morgan fingerprint density at radius 1 is 0.143 bits per heavy atom. The standard InChI is InChI=1S/4C12H12O2/c4*13-11-7-3-1-4-8(7)12(14)10-6-2-5-9(10)11/h4*1-6H2. The highest BCUT2D eigenvalue weighted by atomic mass is 16.2. The fourth-order valence-corrected chi connectivity index (χ4v) is 11.4. The van der Waals surface area contributed by atoms with E-state index in [1.165, 1.54) is 0 Å². The zero-order valence-electron chi connectivity index (χ0n) is 32.2. The summed E-state index contributed by atoms with van der Waals surface area (Å²) in [6.07, 6.45) is 21.2. The van der Waals surface area contributed by atoms with Gasteiger partial charge in [0.25, 0.3) is 0 Å². The molecule has 0 bridgehead atoms. The van der Waals surface area contributed by atoms with Gasteiger partial charge in [-0.15, -0.1) is 0 Å². The fourth-order valence-electron chi connectivity index (χ4n) is 11.4. The summed E-state index contributed by atoms with van der Waals surface area (Å²) in [7, 11) is 0. The van der Waals surface area contributed by atoms with Gasteiger partial charge in [0.1, 0.15) is 0 Å². The van der Waals surface area contributed by atoms with E-state index in [1.807, 2.05) is 0 Å². The molecule has 8 heteroatoms. The molecular formula is C48H48O8. The molecule has 0 amide bonds. The Morgan fingerprint density at radius 3 is 0.286 bits per heavy atom. The second-order valence-corrected chi connectivity index (χ2v) is 17.1. The summed E-state index contributed by atoms with van der Waals surface area (Å²) in [4.78, 5) is 95.7. The molecule has 0 atom stereocenters. The number of carbonyl (C=O) groups is 8. The number of hydrogen-bond donors (Lipinski definition) is 0. The summed E-state index contributed by atoms with van der Waals surface area (Å²) in [6.45, 7) is 0. The number of carbonyl (C=O) groups excluding carboxylic acids is 8. The van der Waals surface area contributed by atoms with Crippen molar-refractivity contribution in [2.75, 3.05) is 0 Å². The number of hydrogen-bond acceptors (Lipinski definition) is 8. The summed E-state index contributed by atoms with van der Waals surface area (Å²) in [5.41, 5.74) is 13.5. The molecule has 0 aliphatic heterocycles. The third-order valence-corrected chi connectivity index (χ3v) is 14.1. The second-order valence-electron chi connectivity index (χ2n) is 17.1. The molecule has 288 valence electrons. The summed E-state index contributed by atoms with van der Waals surface area (Å²) < 4.78 is 0. The van der Waals surface area contributed by atoms with Gasteiger partial charge in [-0.1, -0.05) is 0 Å². The van der Waals surface area contributed by atoms with Gasteiger partial charge in [0, 0.05) is 89.2 Å². The highest BCUT2D eigenvalue weighted by Crippen LogP contribution is 2.45. The number of rotatable bonds is 0. The van der Waals surface area contributed by atoms with Gasteiger partial charge in [-0.25, -0.2) is 0 Å². The minimum absolute atomic E-state index is 0.199. The lowest BCUT2D eigenvalue weighted by Crippen LogP contribution is -2.18. The highest BCUT2D eigenvalue weighted by molar-refractivity contribution is 6.28. The summed E-state index contributed by atoms with van der Waals surface area (Å²) in [6, 6.07) is 0. The number of Topliss-reactive ketones (excluding diaryl/α,β-unsaturated/α-hetero) is 8. The molecule has 0 aromatic heterocycles. The van der Waals surface area contributed by atoms with Crippen molar-refractivity contribution in [3.63, 3.8) is 0 Å². The maximum absolute atomic E-state index is 12.0. The van der Waals surface area contributed by atoms with Crippen molar-refractivity contribution >= 4 is 46.3 Å². The molecule has 0 saturated heterocycles. The molecule has 12 rings (SSSR count). The Labute approximate surface area is 327 Å². The minimum atomic E-state index is 0.199. The van der Waals surface area contributed by atoms with Crippen LogP contribution in [0.1, 0.15) is 154 Å². The van der Waals surface area contributed by atoms with E-state index in [9.17, 15) is 38.4 Å². The van der Waals surface area contributed by atoms with E-state index in [0.29, 0.717) is 0 Å². The predicted molar refractivity (Wildman–Crippen MR) is 207 cm³/mol. The van der Waals surface area contributed by atoms with E-state index in [0.717, 1.165) is 243 Å². The molecule has 12 aliphatic rings. The zero-order valence-corrected chi connectivity index (χ0v) is 32.2. The average Bonchev–Trinajstić information content (AvgIpc) is 4.06. The van der Waals surface area contributed by atoms with Crippen LogP contribution in [0.15, 0.2) is 89.2 Å². The lowest BCUT2D eigenvalue weighted by atomic mass is 9.87. The van der Waals surface area contributed by atoms with Crippen molar-refractivity contribution in [2.24, 2.45) is 0 Å². The molecule has 0 fully saturated rings. The Bertz CT molecular complexity index is 1670. The summed E-state index contributed by atoms with van der Waals surface area (Å²) in [5, 5.41) is 0. The van der Waals surface area contributed by atoms with Crippen molar-refractivity contribution in [3.8, 4) is 0 Å². The van der Waals surface area contributed by atoms with Crippen molar-refractivity contribution in [1.82, 2.24) is 0 Å². The third kappa shape index (κ3) is 5.92. The van der Waals surface area contributed by atoms with Gasteiger partial charge in [-0.2, -0.15) is 0 Å². The van der Waals surface area contributed by atoms with Crippen LogP contribution in [0.25, 0.3) is 0 Å². The van der Waals surface area contributed by atoms with Gasteiger partial charge in [0.2, 0.25) is 0 Å². The summed E-state index contributed by atoms with van der Waals surface area (Å²) in [5.74, 6) is 1.59. The molecule has 12 aliphatic carbocycles. The first-order valence-corrected chi connectivity index (χ1v) is 21.3. The van der Waals surface area contributed by atoms with Gasteiger partial charge in [0.05, 0.1) is 0 Å². The van der Waals surface area contributed by atoms with E-state index in [2.05, 4.69) is 0 Å². The van der Waals surface area contributed by atoms with Crippen molar-refractivity contribution in [3.05, 3.63) is 89.2 Å². The first-order chi connectivity index (χ1) is 27.2. The largest absolute Gasteiger partial charge is 0.289 e. The second kappa shape index (κ2) is 14.7. The summed E-state index contributed by atoms with van der Waals surface area (Å²) >= 11 is 0. The first kappa shape index (κ1) is 36.9. The van der Waals surface area contributed by atoms with Crippen LogP contribution in [0.4, 0.5) is 0 Å². The molecule has 0 N–H and O–H groups in total. The number of allylic oxidation sites excluding steroid dienone is 16. The maximum atomic E-state index is 12.0. The monoisotopic (exact) mass is 752 g/mol. The van der Waals surface area contributed by atoms with Gasteiger partial charge in [0.15, 0.2) is 46.3 Å². The molecule has 0 aromatic carbocycles. The minimum Gasteiger partial charge on any atom is -0.289 e. The molecule has 0 spiro atoms. The Kier molecular flexibility index (Phi) is 9.65. The SMILES string of the molecule is O=C1C2=C(CCC2)C(=O)C2=C1CCC2.O=C1C2=C(CCC2)C(=O)C2=C1CCC2.O=C1C2=C(CCC2)C(=O)C2=C1CCC2.O=C1C2=C(CCC2)C(=O)C2=C1CCC2. The van der Waals surface area contributed by atoms with Gasteiger partial charge in [-0.3, -0.25) is 38.4 Å². The van der Waals surface area contributed by atoms with Crippen LogP contribution in [0.5, 0.6) is 0 Å². The third-order valence-electron chi connectivity index (χ3n) is 14.1. The van der Waals surface area contributed by atoms with Gasteiger partial charge >= 0.3 is 0 Å². The molecular weight excluding hydrogens is 705 g/mol. The van der Waals surface area contributed by atoms with E-state index < -0.39 is 0 Å². The van der Waals surface area contributed by atoms with E-state index >= 15 is 0 Å². The van der Waals surface area contributed by atoms with Gasteiger partial charge < -0.3 is 0 Å². The fraction of sp³-hybridized carbons (Fsp3) is 0.500. The Morgan fingerprint density at radius 2 is 0.214 bits per heavy atom. The normalized spacial score (nSPS) is 26.0. The first-order valence-electron chi connectivity index (χ1n) is 21.3. The smallest absolute Gasteiger partial charge is 0.185 e. The Hall–Kier alpha value is -4.72. The van der Waals surface area contributed by atoms with Crippen LogP contribution in [-0.4, -0.2) is 46.3 Å². The van der Waals surface area contributed by atoms with Crippen LogP contribution >= 0.6 is 0 Å². The van der Waals surface area contributed by atoms with Crippen LogP contribution < -0.4 is 0 Å². The van der Waals surface area contributed by atoms with Crippen molar-refractivity contribution in [2.45, 2.75) is 154 Å². The molecule has 0 saturated carbocycles. The van der Waals surface area contributed by atoms with Crippen LogP contribution in [-0.2, 0) is 38.4 Å².